The molecule has 0 heterocycles. The number of carbonyl (C=O) groups is 2. The fourth-order valence-corrected chi connectivity index (χ4v) is 2.45. The lowest BCUT2D eigenvalue weighted by Gasteiger charge is -2.08. The Bertz CT molecular complexity index is 695. The van der Waals surface area contributed by atoms with Crippen molar-refractivity contribution in [1.29, 1.82) is 0 Å². The minimum atomic E-state index is -0.478. The second-order valence-electron chi connectivity index (χ2n) is 5.42. The molecular weight excluding hydrogens is 290 g/mol. The van der Waals surface area contributed by atoms with Gasteiger partial charge < -0.3 is 10.5 Å². The molecule has 0 atom stereocenters. The van der Waals surface area contributed by atoms with Crippen LogP contribution in [0, 0.1) is 6.92 Å². The second kappa shape index (κ2) is 8.13. The number of aryl methyl sites for hydroxylation is 2. The maximum absolute atomic E-state index is 11.8. The highest BCUT2D eigenvalue weighted by Crippen LogP contribution is 2.11. The molecule has 0 aliphatic heterocycles. The first kappa shape index (κ1) is 16.7. The van der Waals surface area contributed by atoms with Gasteiger partial charge in [0.05, 0.1) is 6.61 Å². The van der Waals surface area contributed by atoms with Crippen LogP contribution < -0.4 is 5.73 Å². The molecule has 0 aliphatic rings. The van der Waals surface area contributed by atoms with Gasteiger partial charge in [-0.1, -0.05) is 42.5 Å². The average molecular weight is 311 g/mol. The molecule has 1 amide bonds. The van der Waals surface area contributed by atoms with Crippen LogP contribution in [-0.2, 0) is 22.4 Å². The first-order chi connectivity index (χ1) is 11.1. The average Bonchev–Trinajstić information content (AvgIpc) is 2.55. The summed E-state index contributed by atoms with van der Waals surface area (Å²) < 4.78 is 5.27. The van der Waals surface area contributed by atoms with E-state index < -0.39 is 5.91 Å². The molecular formula is C19H21NO3. The molecule has 120 valence electrons. The van der Waals surface area contributed by atoms with Crippen molar-refractivity contribution in [1.82, 2.24) is 0 Å². The maximum Gasteiger partial charge on any atom is 0.306 e. The third-order valence-corrected chi connectivity index (χ3v) is 3.78. The summed E-state index contributed by atoms with van der Waals surface area (Å²) in [6, 6.07) is 15.1. The zero-order chi connectivity index (χ0) is 16.7. The predicted molar refractivity (Wildman–Crippen MR) is 89.1 cm³/mol. The van der Waals surface area contributed by atoms with Crippen LogP contribution in [0.2, 0.25) is 0 Å². The van der Waals surface area contributed by atoms with Crippen molar-refractivity contribution in [2.75, 3.05) is 6.61 Å². The van der Waals surface area contributed by atoms with Crippen LogP contribution in [0.1, 0.15) is 33.5 Å². The fraction of sp³-hybridized carbons (Fsp3) is 0.263. The number of carbonyl (C=O) groups excluding carboxylic acids is 2. The van der Waals surface area contributed by atoms with E-state index in [0.717, 1.165) is 5.56 Å². The van der Waals surface area contributed by atoms with E-state index in [2.05, 4.69) is 0 Å². The minimum absolute atomic E-state index is 0.234. The molecule has 2 rings (SSSR count). The molecule has 23 heavy (non-hydrogen) atoms. The van der Waals surface area contributed by atoms with Crippen molar-refractivity contribution in [3.63, 3.8) is 0 Å². The Morgan fingerprint density at radius 2 is 1.61 bits per heavy atom. The van der Waals surface area contributed by atoms with Crippen LogP contribution in [0.4, 0.5) is 0 Å². The number of nitrogens with two attached hydrogens (primary N) is 1. The number of esters is 1. The van der Waals surface area contributed by atoms with Crippen LogP contribution >= 0.6 is 0 Å². The van der Waals surface area contributed by atoms with Crippen LogP contribution in [0.25, 0.3) is 0 Å². The van der Waals surface area contributed by atoms with E-state index in [1.165, 1.54) is 11.1 Å². The summed E-state index contributed by atoms with van der Waals surface area (Å²) in [6.07, 6.45) is 1.39. The van der Waals surface area contributed by atoms with Gasteiger partial charge in [0.15, 0.2) is 0 Å². The van der Waals surface area contributed by atoms with Crippen molar-refractivity contribution >= 4 is 11.9 Å². The molecule has 0 unspecified atom stereocenters. The highest BCUT2D eigenvalue weighted by molar-refractivity contribution is 5.94. The summed E-state index contributed by atoms with van der Waals surface area (Å²) in [5.74, 6) is -0.744. The maximum atomic E-state index is 11.8. The molecule has 0 bridgehead atoms. The van der Waals surface area contributed by atoms with E-state index in [1.54, 1.807) is 18.2 Å². The molecule has 0 fully saturated rings. The first-order valence-corrected chi connectivity index (χ1v) is 7.66. The molecule has 0 aliphatic carbocycles. The number of rotatable bonds is 7. The molecule has 0 saturated heterocycles. The van der Waals surface area contributed by atoms with Crippen molar-refractivity contribution in [2.45, 2.75) is 26.2 Å². The van der Waals surface area contributed by atoms with Crippen molar-refractivity contribution in [3.05, 3.63) is 70.8 Å². The van der Waals surface area contributed by atoms with Crippen LogP contribution in [0.5, 0.6) is 0 Å². The Kier molecular flexibility index (Phi) is 5.92. The molecule has 0 radical (unpaired) electrons. The Hall–Kier alpha value is -2.62. The summed E-state index contributed by atoms with van der Waals surface area (Å²) in [4.78, 5) is 23.2. The van der Waals surface area contributed by atoms with Gasteiger partial charge in [-0.25, -0.2) is 0 Å². The van der Waals surface area contributed by atoms with E-state index in [4.69, 9.17) is 10.5 Å². The Balaban J connectivity index is 1.80. The molecule has 2 N–H and O–H groups in total. The van der Waals surface area contributed by atoms with Crippen LogP contribution in [0.15, 0.2) is 48.5 Å². The van der Waals surface area contributed by atoms with Gasteiger partial charge in [0, 0.05) is 18.4 Å². The van der Waals surface area contributed by atoms with Crippen molar-refractivity contribution in [2.24, 2.45) is 5.73 Å². The van der Waals surface area contributed by atoms with Gasteiger partial charge in [-0.3, -0.25) is 9.59 Å². The minimum Gasteiger partial charge on any atom is -0.465 e. The third-order valence-electron chi connectivity index (χ3n) is 3.78. The number of amides is 1. The second-order valence-corrected chi connectivity index (χ2v) is 5.42. The molecule has 0 spiro atoms. The smallest absolute Gasteiger partial charge is 0.306 e. The number of hydrogen-bond acceptors (Lipinski definition) is 3. The van der Waals surface area contributed by atoms with Gasteiger partial charge >= 0.3 is 5.97 Å². The van der Waals surface area contributed by atoms with Gasteiger partial charge in [0.25, 0.3) is 0 Å². The largest absolute Gasteiger partial charge is 0.465 e. The zero-order valence-corrected chi connectivity index (χ0v) is 13.2. The van der Waals surface area contributed by atoms with E-state index in [0.29, 0.717) is 25.0 Å². The molecule has 4 heteroatoms. The third kappa shape index (κ3) is 4.95. The molecule has 2 aromatic carbocycles. The quantitative estimate of drug-likeness (QED) is 0.799. The summed E-state index contributed by atoms with van der Waals surface area (Å²) in [5, 5.41) is 0. The van der Waals surface area contributed by atoms with E-state index in [1.807, 2.05) is 37.3 Å². The van der Waals surface area contributed by atoms with Crippen LogP contribution in [0.3, 0.4) is 0 Å². The molecule has 0 saturated carbocycles. The Morgan fingerprint density at radius 3 is 2.30 bits per heavy atom. The first-order valence-electron chi connectivity index (χ1n) is 7.66. The zero-order valence-electron chi connectivity index (χ0n) is 13.2. The summed E-state index contributed by atoms with van der Waals surface area (Å²) in [7, 11) is 0. The van der Waals surface area contributed by atoms with E-state index >= 15 is 0 Å². The molecule has 4 nitrogen and oxygen atoms in total. The van der Waals surface area contributed by atoms with E-state index in [9.17, 15) is 9.59 Å². The summed E-state index contributed by atoms with van der Waals surface area (Å²) >= 11 is 0. The predicted octanol–water partition coefficient (Wildman–Crippen LogP) is 2.81. The molecule has 2 aromatic rings. The number of ether oxygens (including phenoxy) is 1. The highest BCUT2D eigenvalue weighted by atomic mass is 16.5. The van der Waals surface area contributed by atoms with Gasteiger partial charge in [-0.2, -0.15) is 0 Å². The summed E-state index contributed by atoms with van der Waals surface area (Å²) in [6.45, 7) is 2.40. The summed E-state index contributed by atoms with van der Waals surface area (Å²) in [5.41, 5.74) is 8.93. The van der Waals surface area contributed by atoms with Gasteiger partial charge in [0.2, 0.25) is 5.91 Å². The number of hydrogen-bond donors (Lipinski definition) is 1. The topological polar surface area (TPSA) is 69.4 Å². The van der Waals surface area contributed by atoms with Crippen molar-refractivity contribution < 1.29 is 14.3 Å². The lowest BCUT2D eigenvalue weighted by molar-refractivity contribution is -0.143. The van der Waals surface area contributed by atoms with Gasteiger partial charge in [0.1, 0.15) is 0 Å². The standard InChI is InChI=1S/C19H21NO3/c1-14-6-2-3-7-15(14)12-13-23-18(21)11-10-16-8-4-5-9-17(16)19(20)22/h2-9H,10-13H2,1H3,(H2,20,22). The van der Waals surface area contributed by atoms with Crippen molar-refractivity contribution in [3.8, 4) is 0 Å². The lowest BCUT2D eigenvalue weighted by atomic mass is 10.0. The molecule has 0 aromatic heterocycles. The van der Waals surface area contributed by atoms with Gasteiger partial charge in [-0.15, -0.1) is 0 Å². The highest BCUT2D eigenvalue weighted by Gasteiger charge is 2.10. The SMILES string of the molecule is Cc1ccccc1CCOC(=O)CCc1ccccc1C(N)=O. The van der Waals surface area contributed by atoms with Crippen LogP contribution in [-0.4, -0.2) is 18.5 Å². The van der Waals surface area contributed by atoms with Gasteiger partial charge in [-0.05, 0) is 36.1 Å². The Labute approximate surface area is 136 Å². The number of primary amides is 1. The monoisotopic (exact) mass is 311 g/mol. The fourth-order valence-electron chi connectivity index (χ4n) is 2.45. The number of benzene rings is 2. The van der Waals surface area contributed by atoms with E-state index in [-0.39, 0.29) is 12.4 Å². The lowest BCUT2D eigenvalue weighted by Crippen LogP contribution is -2.15. The normalized spacial score (nSPS) is 10.3. The Morgan fingerprint density at radius 1 is 0.957 bits per heavy atom.